The highest BCUT2D eigenvalue weighted by Crippen LogP contribution is 2.28. The number of aliphatic imine (C=N–C) groups is 1. The molecule has 0 radical (unpaired) electrons. The lowest BCUT2D eigenvalue weighted by molar-refractivity contribution is -0.120. The Balaban J connectivity index is 1.26. The molecule has 0 aliphatic carbocycles. The molecule has 2 saturated heterocycles. The molecule has 1 atom stereocenters. The highest BCUT2D eigenvalue weighted by atomic mass is 32.2. The fraction of sp³-hybridized carbons (Fsp3) is 0.633. The predicted molar refractivity (Wildman–Crippen MR) is 169 cm³/mol. The van der Waals surface area contributed by atoms with E-state index in [9.17, 15) is 18.0 Å². The van der Waals surface area contributed by atoms with Gasteiger partial charge in [0.2, 0.25) is 0 Å². The van der Waals surface area contributed by atoms with Gasteiger partial charge in [0.25, 0.3) is 11.8 Å². The summed E-state index contributed by atoms with van der Waals surface area (Å²) in [6.45, 7) is 13.9. The van der Waals surface area contributed by atoms with Crippen molar-refractivity contribution in [3.63, 3.8) is 0 Å². The van der Waals surface area contributed by atoms with Crippen LogP contribution in [-0.4, -0.2) is 121 Å². The third-order valence-corrected chi connectivity index (χ3v) is 9.74. The third-order valence-electron chi connectivity index (χ3n) is 8.81. The van der Waals surface area contributed by atoms with Gasteiger partial charge in [0.05, 0.1) is 28.8 Å². The molecule has 5 heterocycles. The summed E-state index contributed by atoms with van der Waals surface area (Å²) >= 11 is 0. The Morgan fingerprint density at radius 1 is 1.09 bits per heavy atom. The van der Waals surface area contributed by atoms with Crippen LogP contribution < -0.4 is 10.2 Å². The van der Waals surface area contributed by atoms with E-state index in [0.29, 0.717) is 34.9 Å². The highest BCUT2D eigenvalue weighted by Gasteiger charge is 2.30. The molecular formula is C30H44N8O4S. The zero-order valence-electron chi connectivity index (χ0n) is 25.9. The van der Waals surface area contributed by atoms with Gasteiger partial charge in [-0.1, -0.05) is 5.57 Å². The standard InChI is InChI=1S/C30H44N8O4S/c1-20(2)38-28-26(19-32-38)24(29(39)31-18-25-21(3)16-22(4)33-30(25)40)17-27(34-28)37-8-6-23(7-9-37)36-12-10-35(11-13-36)14-15-43(5,41)42/h16-17,19-20,23,25H,6-15,18H2,1-5H3,(H,31,39). The summed E-state index contributed by atoms with van der Waals surface area (Å²) in [6, 6.07) is 2.40. The largest absolute Gasteiger partial charge is 0.356 e. The minimum Gasteiger partial charge on any atom is -0.356 e. The monoisotopic (exact) mass is 612 g/mol. The van der Waals surface area contributed by atoms with Gasteiger partial charge in [0.15, 0.2) is 5.65 Å². The summed E-state index contributed by atoms with van der Waals surface area (Å²) in [4.78, 5) is 42.2. The molecule has 2 fully saturated rings. The Hall–Kier alpha value is -3.16. The van der Waals surface area contributed by atoms with E-state index < -0.39 is 15.8 Å². The number of amides is 2. The fourth-order valence-corrected chi connectivity index (χ4v) is 6.88. The van der Waals surface area contributed by atoms with Crippen LogP contribution in [-0.2, 0) is 14.6 Å². The Bertz CT molecular complexity index is 1530. The van der Waals surface area contributed by atoms with Crippen LogP contribution in [0.4, 0.5) is 5.82 Å². The summed E-state index contributed by atoms with van der Waals surface area (Å²) < 4.78 is 24.9. The summed E-state index contributed by atoms with van der Waals surface area (Å²) in [5.74, 6) is 0.0106. The summed E-state index contributed by atoms with van der Waals surface area (Å²) in [7, 11) is -2.95. The quantitative estimate of drug-likeness (QED) is 0.451. The number of fused-ring (bicyclic) bond motifs is 1. The second-order valence-corrected chi connectivity index (χ2v) is 14.7. The van der Waals surface area contributed by atoms with E-state index in [1.54, 1.807) is 13.1 Å². The van der Waals surface area contributed by atoms with E-state index in [-0.39, 0.29) is 30.2 Å². The summed E-state index contributed by atoms with van der Waals surface area (Å²) in [5, 5.41) is 8.21. The van der Waals surface area contributed by atoms with Crippen LogP contribution in [0.2, 0.25) is 0 Å². The maximum atomic E-state index is 13.6. The molecule has 0 saturated carbocycles. The maximum Gasteiger partial charge on any atom is 0.254 e. The van der Waals surface area contributed by atoms with E-state index in [0.717, 1.165) is 63.5 Å². The number of rotatable bonds is 9. The molecule has 234 valence electrons. The number of piperidine rings is 1. The molecule has 2 amide bonds. The SMILES string of the molecule is CC1=CC(C)=NC(=O)C1CNC(=O)c1cc(N2CCC(N3CCN(CCS(C)(=O)=O)CC3)CC2)nc2c1cnn2C(C)C. The van der Waals surface area contributed by atoms with E-state index >= 15 is 0 Å². The number of dihydropyridines is 1. The van der Waals surface area contributed by atoms with E-state index in [1.807, 2.05) is 37.6 Å². The topological polar surface area (TPSA) is 133 Å². The smallest absolute Gasteiger partial charge is 0.254 e. The number of piperazine rings is 1. The molecule has 3 aliphatic heterocycles. The molecule has 1 unspecified atom stereocenters. The van der Waals surface area contributed by atoms with Gasteiger partial charge in [0, 0.05) is 76.4 Å². The molecule has 2 aromatic rings. The number of hydrogen-bond donors (Lipinski definition) is 1. The predicted octanol–water partition coefficient (Wildman–Crippen LogP) is 1.94. The number of aromatic nitrogens is 3. The molecule has 0 bridgehead atoms. The molecule has 1 N–H and O–H groups in total. The minimum absolute atomic E-state index is 0.0757. The van der Waals surface area contributed by atoms with Gasteiger partial charge in [-0.15, -0.1) is 0 Å². The van der Waals surface area contributed by atoms with Gasteiger partial charge in [-0.3, -0.25) is 19.4 Å². The molecule has 13 heteroatoms. The Morgan fingerprint density at radius 3 is 2.42 bits per heavy atom. The number of allylic oxidation sites excluding steroid dienone is 1. The normalized spacial score (nSPS) is 21.4. The van der Waals surface area contributed by atoms with Gasteiger partial charge in [0.1, 0.15) is 15.7 Å². The Labute approximate surface area is 254 Å². The number of carbonyl (C=O) groups excluding carboxylic acids is 2. The second-order valence-electron chi connectivity index (χ2n) is 12.4. The lowest BCUT2D eigenvalue weighted by Gasteiger charge is -2.43. The molecular weight excluding hydrogens is 568 g/mol. The number of carbonyl (C=O) groups is 2. The number of hydrogen-bond acceptors (Lipinski definition) is 9. The van der Waals surface area contributed by atoms with Crippen LogP contribution in [0.25, 0.3) is 11.0 Å². The number of pyridine rings is 1. The first kappa shape index (κ1) is 31.3. The van der Waals surface area contributed by atoms with E-state index in [4.69, 9.17) is 4.98 Å². The van der Waals surface area contributed by atoms with Crippen LogP contribution in [0, 0.1) is 5.92 Å². The van der Waals surface area contributed by atoms with E-state index in [2.05, 4.69) is 30.1 Å². The van der Waals surface area contributed by atoms with Crippen molar-refractivity contribution in [2.45, 2.75) is 52.6 Å². The van der Waals surface area contributed by atoms with Crippen LogP contribution in [0.3, 0.4) is 0 Å². The highest BCUT2D eigenvalue weighted by molar-refractivity contribution is 7.90. The number of anilines is 1. The molecule has 43 heavy (non-hydrogen) atoms. The van der Waals surface area contributed by atoms with Gasteiger partial charge >= 0.3 is 0 Å². The van der Waals surface area contributed by atoms with Gasteiger partial charge in [-0.2, -0.15) is 5.10 Å². The molecule has 5 rings (SSSR count). The number of sulfone groups is 1. The Morgan fingerprint density at radius 2 is 1.79 bits per heavy atom. The van der Waals surface area contributed by atoms with Gasteiger partial charge < -0.3 is 10.2 Å². The second kappa shape index (κ2) is 12.8. The van der Waals surface area contributed by atoms with Crippen molar-refractivity contribution < 1.29 is 18.0 Å². The van der Waals surface area contributed by atoms with Crippen molar-refractivity contribution in [2.24, 2.45) is 10.9 Å². The van der Waals surface area contributed by atoms with E-state index in [1.165, 1.54) is 6.26 Å². The zero-order chi connectivity index (χ0) is 30.9. The molecule has 12 nitrogen and oxygen atoms in total. The summed E-state index contributed by atoms with van der Waals surface area (Å²) in [5.41, 5.74) is 2.75. The third kappa shape index (κ3) is 7.32. The van der Waals surface area contributed by atoms with Crippen LogP contribution in [0.1, 0.15) is 56.9 Å². The van der Waals surface area contributed by atoms with Gasteiger partial charge in [-0.05, 0) is 52.7 Å². The van der Waals surface area contributed by atoms with Crippen LogP contribution in [0.15, 0.2) is 28.9 Å². The van der Waals surface area contributed by atoms with Crippen LogP contribution >= 0.6 is 0 Å². The molecule has 0 spiro atoms. The first-order chi connectivity index (χ1) is 20.4. The number of nitrogens with one attached hydrogen (secondary N) is 1. The Kier molecular flexibility index (Phi) is 9.33. The van der Waals surface area contributed by atoms with Crippen molar-refractivity contribution in [1.82, 2.24) is 29.9 Å². The minimum atomic E-state index is -2.95. The first-order valence-corrected chi connectivity index (χ1v) is 17.3. The molecule has 0 aromatic carbocycles. The maximum absolute atomic E-state index is 13.6. The first-order valence-electron chi connectivity index (χ1n) is 15.2. The zero-order valence-corrected chi connectivity index (χ0v) is 26.7. The fourth-order valence-electron chi connectivity index (χ4n) is 6.29. The lowest BCUT2D eigenvalue weighted by atomic mass is 9.95. The molecule has 2 aromatic heterocycles. The molecule has 3 aliphatic rings. The van der Waals surface area contributed by atoms with Crippen molar-refractivity contribution in [2.75, 3.05) is 69.3 Å². The van der Waals surface area contributed by atoms with Crippen LogP contribution in [0.5, 0.6) is 0 Å². The lowest BCUT2D eigenvalue weighted by Crippen LogP contribution is -2.53. The van der Waals surface area contributed by atoms with Crippen molar-refractivity contribution in [3.8, 4) is 0 Å². The van der Waals surface area contributed by atoms with Crippen molar-refractivity contribution in [1.29, 1.82) is 0 Å². The van der Waals surface area contributed by atoms with Gasteiger partial charge in [-0.25, -0.2) is 23.1 Å². The average Bonchev–Trinajstić information content (AvgIpc) is 3.39. The summed E-state index contributed by atoms with van der Waals surface area (Å²) in [6.07, 6.45) is 6.86. The van der Waals surface area contributed by atoms with Crippen molar-refractivity contribution >= 4 is 44.2 Å². The van der Waals surface area contributed by atoms with Crippen molar-refractivity contribution in [3.05, 3.63) is 29.5 Å². The number of nitrogens with zero attached hydrogens (tertiary/aromatic N) is 7. The average molecular weight is 613 g/mol.